The largest absolute Gasteiger partial charge is 0.116 e. The van der Waals surface area contributed by atoms with Crippen molar-refractivity contribution in [2.45, 2.75) is 27.2 Å². The predicted molar refractivity (Wildman–Crippen MR) is 45.6 cm³/mol. The Morgan fingerprint density at radius 2 is 2.20 bits per heavy atom. The highest BCUT2D eigenvalue weighted by Gasteiger charge is 1.86. The molecule has 0 amide bonds. The molecule has 0 saturated heterocycles. The molecule has 0 aliphatic carbocycles. The second-order valence-electron chi connectivity index (χ2n) is 2.26. The van der Waals surface area contributed by atoms with Crippen LogP contribution in [0.1, 0.15) is 27.2 Å². The maximum absolute atomic E-state index is 3.01. The van der Waals surface area contributed by atoms with Crippen LogP contribution in [0.25, 0.3) is 0 Å². The first-order valence-corrected chi connectivity index (χ1v) is 3.64. The van der Waals surface area contributed by atoms with E-state index in [9.17, 15) is 0 Å². The molecule has 0 aromatic rings. The number of allylic oxidation sites excluding steroid dienone is 1. The highest BCUT2D eigenvalue weighted by Crippen LogP contribution is 1.99. The summed E-state index contributed by atoms with van der Waals surface area (Å²) in [5.41, 5.74) is 3.01. The second kappa shape index (κ2) is 6.20. The van der Waals surface area contributed by atoms with Crippen LogP contribution in [0, 0.1) is 17.8 Å². The molecule has 0 aliphatic rings. The maximum Gasteiger partial charge on any atom is 0.0298 e. The summed E-state index contributed by atoms with van der Waals surface area (Å²) in [5.74, 6) is 6.20. The molecule has 0 nitrogen and oxygen atoms in total. The first-order valence-electron chi connectivity index (χ1n) is 3.64. The SMILES string of the molecule is CC#CC=C=CC(C)CC. The highest BCUT2D eigenvalue weighted by atomic mass is 13.9. The van der Waals surface area contributed by atoms with Gasteiger partial charge in [0.2, 0.25) is 0 Å². The average Bonchev–Trinajstić information content (AvgIpc) is 1.98. The van der Waals surface area contributed by atoms with Crippen LogP contribution in [-0.4, -0.2) is 0 Å². The Labute approximate surface area is 63.6 Å². The first-order chi connectivity index (χ1) is 4.81. The summed E-state index contributed by atoms with van der Waals surface area (Å²) < 4.78 is 0. The van der Waals surface area contributed by atoms with Gasteiger partial charge in [0.1, 0.15) is 0 Å². The standard InChI is InChI=1S/C10H14/c1-4-6-7-8-9-10(3)5-2/h7,9-10H,5H2,1-3H3. The van der Waals surface area contributed by atoms with Crippen molar-refractivity contribution in [3.05, 3.63) is 17.9 Å². The van der Waals surface area contributed by atoms with Crippen molar-refractivity contribution in [3.63, 3.8) is 0 Å². The fraction of sp³-hybridized carbons (Fsp3) is 0.500. The Balaban J connectivity index is 3.81. The van der Waals surface area contributed by atoms with Crippen LogP contribution in [0.15, 0.2) is 17.9 Å². The Hall–Kier alpha value is -0.920. The van der Waals surface area contributed by atoms with Gasteiger partial charge in [0, 0.05) is 6.08 Å². The van der Waals surface area contributed by atoms with Crippen molar-refractivity contribution in [2.24, 2.45) is 5.92 Å². The summed E-state index contributed by atoms with van der Waals surface area (Å²) >= 11 is 0. The van der Waals surface area contributed by atoms with E-state index in [1.54, 1.807) is 6.08 Å². The average molecular weight is 134 g/mol. The van der Waals surface area contributed by atoms with E-state index in [1.165, 1.54) is 6.42 Å². The summed E-state index contributed by atoms with van der Waals surface area (Å²) in [4.78, 5) is 0. The van der Waals surface area contributed by atoms with E-state index in [2.05, 4.69) is 31.4 Å². The molecule has 0 rings (SSSR count). The minimum Gasteiger partial charge on any atom is -0.116 e. The van der Waals surface area contributed by atoms with Gasteiger partial charge in [-0.2, -0.15) is 0 Å². The van der Waals surface area contributed by atoms with Gasteiger partial charge in [-0.25, -0.2) is 0 Å². The molecule has 0 heteroatoms. The predicted octanol–water partition coefficient (Wildman–Crippen LogP) is 2.77. The van der Waals surface area contributed by atoms with Gasteiger partial charge in [0.15, 0.2) is 0 Å². The van der Waals surface area contributed by atoms with Crippen LogP contribution in [-0.2, 0) is 0 Å². The minimum absolute atomic E-state index is 0.620. The zero-order chi connectivity index (χ0) is 7.82. The van der Waals surface area contributed by atoms with E-state index in [0.29, 0.717) is 5.92 Å². The molecule has 0 aromatic heterocycles. The lowest BCUT2D eigenvalue weighted by Gasteiger charge is -1.93. The number of hydrogen-bond acceptors (Lipinski definition) is 0. The van der Waals surface area contributed by atoms with Crippen LogP contribution >= 0.6 is 0 Å². The van der Waals surface area contributed by atoms with Crippen molar-refractivity contribution >= 4 is 0 Å². The van der Waals surface area contributed by atoms with Gasteiger partial charge >= 0.3 is 0 Å². The van der Waals surface area contributed by atoms with E-state index < -0.39 is 0 Å². The van der Waals surface area contributed by atoms with E-state index in [1.807, 2.05) is 13.0 Å². The Kier molecular flexibility index (Phi) is 5.63. The zero-order valence-electron chi connectivity index (χ0n) is 6.94. The van der Waals surface area contributed by atoms with Crippen molar-refractivity contribution < 1.29 is 0 Å². The molecule has 0 saturated carbocycles. The minimum atomic E-state index is 0.620. The lowest BCUT2D eigenvalue weighted by molar-refractivity contribution is 0.699. The summed E-state index contributed by atoms with van der Waals surface area (Å²) in [5, 5.41) is 0. The summed E-state index contributed by atoms with van der Waals surface area (Å²) in [6.07, 6.45) is 4.97. The molecular weight excluding hydrogens is 120 g/mol. The van der Waals surface area contributed by atoms with E-state index in [0.717, 1.165) is 0 Å². The molecule has 0 aliphatic heterocycles. The lowest BCUT2D eigenvalue weighted by Crippen LogP contribution is -1.81. The van der Waals surface area contributed by atoms with Gasteiger partial charge in [0.25, 0.3) is 0 Å². The summed E-state index contributed by atoms with van der Waals surface area (Å²) in [7, 11) is 0. The quantitative estimate of drug-likeness (QED) is 0.402. The molecule has 0 fully saturated rings. The van der Waals surface area contributed by atoms with Crippen LogP contribution in [0.4, 0.5) is 0 Å². The Morgan fingerprint density at radius 3 is 2.70 bits per heavy atom. The molecule has 0 radical (unpaired) electrons. The molecule has 54 valence electrons. The number of rotatable bonds is 2. The van der Waals surface area contributed by atoms with Gasteiger partial charge in [-0.1, -0.05) is 19.8 Å². The van der Waals surface area contributed by atoms with E-state index in [-0.39, 0.29) is 0 Å². The van der Waals surface area contributed by atoms with Crippen molar-refractivity contribution in [3.8, 4) is 11.8 Å². The van der Waals surface area contributed by atoms with Gasteiger partial charge in [-0.3, -0.25) is 0 Å². The van der Waals surface area contributed by atoms with Gasteiger partial charge in [-0.05, 0) is 25.3 Å². The second-order valence-corrected chi connectivity index (χ2v) is 2.26. The maximum atomic E-state index is 3.01. The van der Waals surface area contributed by atoms with Gasteiger partial charge in [-0.15, -0.1) is 11.7 Å². The lowest BCUT2D eigenvalue weighted by atomic mass is 10.1. The first kappa shape index (κ1) is 9.08. The Bertz CT molecular complexity index is 182. The van der Waals surface area contributed by atoms with Gasteiger partial charge < -0.3 is 0 Å². The molecule has 1 atom stereocenters. The highest BCUT2D eigenvalue weighted by molar-refractivity contribution is 5.13. The summed E-state index contributed by atoms with van der Waals surface area (Å²) in [6, 6.07) is 0. The van der Waals surface area contributed by atoms with Crippen LogP contribution in [0.5, 0.6) is 0 Å². The molecule has 0 bridgehead atoms. The third-order valence-corrected chi connectivity index (χ3v) is 1.32. The molecule has 10 heavy (non-hydrogen) atoms. The topological polar surface area (TPSA) is 0 Å². The van der Waals surface area contributed by atoms with Crippen molar-refractivity contribution in [2.75, 3.05) is 0 Å². The van der Waals surface area contributed by atoms with Crippen molar-refractivity contribution in [1.29, 1.82) is 0 Å². The van der Waals surface area contributed by atoms with Gasteiger partial charge in [0.05, 0.1) is 0 Å². The molecule has 0 N–H and O–H groups in total. The zero-order valence-corrected chi connectivity index (χ0v) is 6.94. The smallest absolute Gasteiger partial charge is 0.0298 e. The molecule has 0 aromatic carbocycles. The molecule has 0 spiro atoms. The van der Waals surface area contributed by atoms with Crippen LogP contribution in [0.2, 0.25) is 0 Å². The van der Waals surface area contributed by atoms with Crippen molar-refractivity contribution in [1.82, 2.24) is 0 Å². The fourth-order valence-corrected chi connectivity index (χ4v) is 0.444. The number of hydrogen-bond donors (Lipinski definition) is 0. The molecule has 1 unspecified atom stereocenters. The summed E-state index contributed by atoms with van der Waals surface area (Å²) in [6.45, 7) is 6.15. The molecule has 0 heterocycles. The molecular formula is C10H14. The monoisotopic (exact) mass is 134 g/mol. The third kappa shape index (κ3) is 5.22. The normalized spacial score (nSPS) is 10.3. The Morgan fingerprint density at radius 1 is 1.50 bits per heavy atom. The fourth-order valence-electron chi connectivity index (χ4n) is 0.444. The van der Waals surface area contributed by atoms with E-state index in [4.69, 9.17) is 0 Å². The van der Waals surface area contributed by atoms with Crippen LogP contribution in [0.3, 0.4) is 0 Å². The third-order valence-electron chi connectivity index (χ3n) is 1.32. The van der Waals surface area contributed by atoms with Crippen LogP contribution < -0.4 is 0 Å². The van der Waals surface area contributed by atoms with E-state index >= 15 is 0 Å².